The van der Waals surface area contributed by atoms with Gasteiger partial charge in [-0.1, -0.05) is 0 Å². The summed E-state index contributed by atoms with van der Waals surface area (Å²) in [5, 5.41) is 6.15. The Labute approximate surface area is 141 Å². The fourth-order valence-electron chi connectivity index (χ4n) is 2.73. The molecule has 1 N–H and O–H groups in total. The van der Waals surface area contributed by atoms with Gasteiger partial charge in [-0.15, -0.1) is 5.10 Å². The Balaban J connectivity index is 1.84. The third-order valence-corrected chi connectivity index (χ3v) is 4.02. The topological polar surface area (TPSA) is 78.7 Å². The van der Waals surface area contributed by atoms with Crippen molar-refractivity contribution >= 4 is 17.5 Å². The minimum absolute atomic E-state index is 0.0679. The molecule has 0 saturated carbocycles. The summed E-state index contributed by atoms with van der Waals surface area (Å²) in [4.78, 5) is 22.9. The van der Waals surface area contributed by atoms with Crippen molar-refractivity contribution in [2.75, 3.05) is 44.7 Å². The van der Waals surface area contributed by atoms with Crippen LogP contribution in [-0.2, 0) is 11.0 Å². The number of aryl methyl sites for hydroxylation is 1. The number of halogens is 3. The van der Waals surface area contributed by atoms with Crippen LogP contribution in [0.2, 0.25) is 0 Å². The van der Waals surface area contributed by atoms with Crippen LogP contribution in [0.15, 0.2) is 6.07 Å². The number of piperazine rings is 1. The number of alkyl halides is 3. The Bertz CT molecular complexity index is 781. The molecule has 1 amide bonds. The van der Waals surface area contributed by atoms with E-state index in [-0.39, 0.29) is 11.7 Å². The minimum Gasteiger partial charge on any atom is -0.358 e. The second-order valence-corrected chi connectivity index (χ2v) is 5.84. The van der Waals surface area contributed by atoms with Gasteiger partial charge in [0.05, 0.1) is 6.54 Å². The van der Waals surface area contributed by atoms with E-state index in [4.69, 9.17) is 0 Å². The van der Waals surface area contributed by atoms with E-state index in [0.717, 1.165) is 4.52 Å². The van der Waals surface area contributed by atoms with Crippen LogP contribution in [0.1, 0.15) is 11.5 Å². The standard InChI is InChI=1S/C14H18F3N7O/c1-9-7-11(23-5-3-22(4-6-23)8-10(25)18-2)24-13(19-9)20-12(21-24)14(15,16)17/h7H,3-6,8H2,1-2H3,(H,18,25). The molecule has 0 aliphatic carbocycles. The van der Waals surface area contributed by atoms with Crippen LogP contribution in [0.3, 0.4) is 0 Å². The van der Waals surface area contributed by atoms with E-state index >= 15 is 0 Å². The molecule has 3 heterocycles. The molecule has 136 valence electrons. The molecule has 0 spiro atoms. The molecular weight excluding hydrogens is 339 g/mol. The van der Waals surface area contributed by atoms with Gasteiger partial charge in [0.15, 0.2) is 0 Å². The Morgan fingerprint density at radius 2 is 1.92 bits per heavy atom. The van der Waals surface area contributed by atoms with Gasteiger partial charge in [-0.05, 0) is 6.92 Å². The number of carbonyl (C=O) groups is 1. The zero-order chi connectivity index (χ0) is 18.2. The SMILES string of the molecule is CNC(=O)CN1CCN(c2cc(C)nc3nc(C(F)(F)F)nn23)CC1. The van der Waals surface area contributed by atoms with Crippen LogP contribution in [-0.4, -0.2) is 70.2 Å². The smallest absolute Gasteiger partial charge is 0.358 e. The zero-order valence-electron chi connectivity index (χ0n) is 13.8. The van der Waals surface area contributed by atoms with Crippen LogP contribution in [0.4, 0.5) is 19.0 Å². The zero-order valence-corrected chi connectivity index (χ0v) is 13.8. The summed E-state index contributed by atoms with van der Waals surface area (Å²) in [5.41, 5.74) is 0.566. The van der Waals surface area contributed by atoms with E-state index in [1.165, 1.54) is 0 Å². The van der Waals surface area contributed by atoms with E-state index < -0.39 is 12.0 Å². The lowest BCUT2D eigenvalue weighted by Gasteiger charge is -2.35. The molecule has 1 aliphatic heterocycles. The van der Waals surface area contributed by atoms with Crippen LogP contribution in [0.5, 0.6) is 0 Å². The summed E-state index contributed by atoms with van der Waals surface area (Å²) >= 11 is 0. The van der Waals surface area contributed by atoms with Crippen LogP contribution in [0.25, 0.3) is 5.78 Å². The van der Waals surface area contributed by atoms with Crippen molar-refractivity contribution in [1.82, 2.24) is 29.8 Å². The van der Waals surface area contributed by atoms with Crippen molar-refractivity contribution in [1.29, 1.82) is 0 Å². The van der Waals surface area contributed by atoms with Crippen molar-refractivity contribution in [2.45, 2.75) is 13.1 Å². The highest BCUT2D eigenvalue weighted by Crippen LogP contribution is 2.28. The molecule has 8 nitrogen and oxygen atoms in total. The highest BCUT2D eigenvalue weighted by molar-refractivity contribution is 5.77. The van der Waals surface area contributed by atoms with Gasteiger partial charge < -0.3 is 10.2 Å². The number of carbonyl (C=O) groups excluding carboxylic acids is 1. The molecule has 25 heavy (non-hydrogen) atoms. The number of anilines is 1. The Morgan fingerprint density at radius 1 is 1.24 bits per heavy atom. The molecule has 11 heteroatoms. The number of fused-ring (bicyclic) bond motifs is 1. The minimum atomic E-state index is -4.62. The summed E-state index contributed by atoms with van der Waals surface area (Å²) < 4.78 is 39.8. The normalized spacial score (nSPS) is 16.4. The van der Waals surface area contributed by atoms with Crippen molar-refractivity contribution in [2.24, 2.45) is 0 Å². The van der Waals surface area contributed by atoms with Crippen molar-refractivity contribution < 1.29 is 18.0 Å². The predicted octanol–water partition coefficient (Wildman–Crippen LogP) is 0.320. The highest BCUT2D eigenvalue weighted by Gasteiger charge is 2.37. The number of hydrogen-bond donors (Lipinski definition) is 1. The van der Waals surface area contributed by atoms with E-state index in [9.17, 15) is 18.0 Å². The number of nitrogens with one attached hydrogen (secondary N) is 1. The summed E-state index contributed by atoms with van der Waals surface area (Å²) in [7, 11) is 1.58. The number of nitrogens with zero attached hydrogens (tertiary/aromatic N) is 6. The quantitative estimate of drug-likeness (QED) is 0.852. The van der Waals surface area contributed by atoms with Crippen molar-refractivity contribution in [3.63, 3.8) is 0 Å². The molecule has 0 atom stereocenters. The monoisotopic (exact) mass is 357 g/mol. The van der Waals surface area contributed by atoms with Gasteiger partial charge in [0, 0.05) is 45.0 Å². The number of rotatable bonds is 3. The fourth-order valence-corrected chi connectivity index (χ4v) is 2.73. The van der Waals surface area contributed by atoms with Crippen LogP contribution >= 0.6 is 0 Å². The molecule has 1 saturated heterocycles. The lowest BCUT2D eigenvalue weighted by atomic mass is 10.3. The predicted molar refractivity (Wildman–Crippen MR) is 83.2 cm³/mol. The number of hydrogen-bond acceptors (Lipinski definition) is 6. The molecule has 0 unspecified atom stereocenters. The van der Waals surface area contributed by atoms with Gasteiger partial charge in [0.2, 0.25) is 5.91 Å². The number of amides is 1. The molecule has 2 aromatic rings. The van der Waals surface area contributed by atoms with Gasteiger partial charge in [-0.25, -0.2) is 4.98 Å². The molecule has 3 rings (SSSR count). The Hall–Kier alpha value is -2.43. The maximum Gasteiger partial charge on any atom is 0.453 e. The van der Waals surface area contributed by atoms with Gasteiger partial charge in [0.25, 0.3) is 11.6 Å². The maximum absolute atomic E-state index is 12.9. The summed E-state index contributed by atoms with van der Waals surface area (Å²) in [6.07, 6.45) is -4.62. The fraction of sp³-hybridized carbons (Fsp3) is 0.571. The number of likely N-dealkylation sites (N-methyl/N-ethyl adjacent to an activating group) is 1. The first-order valence-corrected chi connectivity index (χ1v) is 7.77. The third kappa shape index (κ3) is 3.65. The summed E-state index contributed by atoms with van der Waals surface area (Å²) in [6.45, 7) is 4.38. The van der Waals surface area contributed by atoms with Gasteiger partial charge >= 0.3 is 6.18 Å². The van der Waals surface area contributed by atoms with Gasteiger partial charge in [0.1, 0.15) is 5.82 Å². The van der Waals surface area contributed by atoms with E-state index in [2.05, 4.69) is 20.4 Å². The maximum atomic E-state index is 12.9. The average Bonchev–Trinajstić information content (AvgIpc) is 2.99. The summed E-state index contributed by atoms with van der Waals surface area (Å²) in [6, 6.07) is 1.69. The average molecular weight is 357 g/mol. The molecule has 0 bridgehead atoms. The summed E-state index contributed by atoms with van der Waals surface area (Å²) in [5.74, 6) is -0.827. The van der Waals surface area contributed by atoms with Crippen molar-refractivity contribution in [3.8, 4) is 0 Å². The molecule has 2 aromatic heterocycles. The lowest BCUT2D eigenvalue weighted by Crippen LogP contribution is -2.49. The molecule has 1 aliphatic rings. The largest absolute Gasteiger partial charge is 0.453 e. The van der Waals surface area contributed by atoms with Crippen LogP contribution in [0, 0.1) is 6.92 Å². The second kappa shape index (κ2) is 6.47. The van der Waals surface area contributed by atoms with Gasteiger partial charge in [-0.2, -0.15) is 22.7 Å². The van der Waals surface area contributed by atoms with Gasteiger partial charge in [-0.3, -0.25) is 9.69 Å². The highest BCUT2D eigenvalue weighted by atomic mass is 19.4. The molecule has 0 aromatic carbocycles. The van der Waals surface area contributed by atoms with Crippen molar-refractivity contribution in [3.05, 3.63) is 17.6 Å². The first kappa shape index (κ1) is 17.4. The van der Waals surface area contributed by atoms with Crippen LogP contribution < -0.4 is 10.2 Å². The second-order valence-electron chi connectivity index (χ2n) is 5.84. The third-order valence-electron chi connectivity index (χ3n) is 4.02. The number of aromatic nitrogens is 4. The van der Waals surface area contributed by atoms with E-state index in [1.54, 1.807) is 20.0 Å². The van der Waals surface area contributed by atoms with E-state index in [1.807, 2.05) is 9.80 Å². The first-order chi connectivity index (χ1) is 11.8. The Kier molecular flexibility index (Phi) is 4.50. The Morgan fingerprint density at radius 3 is 2.52 bits per heavy atom. The molecular formula is C14H18F3N7O. The molecule has 1 fully saturated rings. The molecule has 0 radical (unpaired) electrons. The first-order valence-electron chi connectivity index (χ1n) is 7.77. The van der Waals surface area contributed by atoms with E-state index in [0.29, 0.717) is 44.2 Å². The lowest BCUT2D eigenvalue weighted by molar-refractivity contribution is -0.144.